The zero-order valence-corrected chi connectivity index (χ0v) is 18.0. The third-order valence-electron chi connectivity index (χ3n) is 5.61. The second-order valence-corrected chi connectivity index (χ2v) is 7.76. The summed E-state index contributed by atoms with van der Waals surface area (Å²) in [6.45, 7) is 13.3. The third-order valence-corrected chi connectivity index (χ3v) is 5.61. The lowest BCUT2D eigenvalue weighted by Crippen LogP contribution is -2.46. The second kappa shape index (κ2) is 10.3. The number of amides is 2. The third kappa shape index (κ3) is 5.73. The van der Waals surface area contributed by atoms with E-state index in [1.54, 1.807) is 0 Å². The first-order valence-electron chi connectivity index (χ1n) is 10.8. The number of nitrogens with zero attached hydrogens (tertiary/aromatic N) is 3. The summed E-state index contributed by atoms with van der Waals surface area (Å²) < 4.78 is 0. The number of carbonyl (C=O) groups is 1. The van der Waals surface area contributed by atoms with Crippen LogP contribution in [0.5, 0.6) is 0 Å². The number of rotatable bonds is 7. The Morgan fingerprint density at radius 3 is 2.38 bits per heavy atom. The highest BCUT2D eigenvalue weighted by Crippen LogP contribution is 2.25. The number of urea groups is 1. The van der Waals surface area contributed by atoms with Crippen LogP contribution in [-0.2, 0) is 6.54 Å². The van der Waals surface area contributed by atoms with Crippen LogP contribution >= 0.6 is 0 Å². The number of hydrogen-bond acceptors (Lipinski definition) is 3. The summed E-state index contributed by atoms with van der Waals surface area (Å²) >= 11 is 0. The smallest absolute Gasteiger partial charge is 0.322 e. The van der Waals surface area contributed by atoms with Crippen LogP contribution in [0.4, 0.5) is 16.2 Å². The van der Waals surface area contributed by atoms with Crippen molar-refractivity contribution in [3.63, 3.8) is 0 Å². The van der Waals surface area contributed by atoms with Crippen LogP contribution in [0.15, 0.2) is 48.5 Å². The largest absolute Gasteiger partial charge is 0.369 e. The molecule has 29 heavy (non-hydrogen) atoms. The van der Waals surface area contributed by atoms with E-state index in [1.807, 2.05) is 29.2 Å². The van der Waals surface area contributed by atoms with E-state index < -0.39 is 0 Å². The number of carbonyl (C=O) groups excluding carboxylic acids is 1. The molecule has 1 N–H and O–H groups in total. The van der Waals surface area contributed by atoms with Crippen molar-refractivity contribution in [3.05, 3.63) is 59.7 Å². The Kier molecular flexibility index (Phi) is 7.53. The molecule has 3 rings (SSSR count). The molecule has 0 bridgehead atoms. The molecular weight excluding hydrogens is 360 g/mol. The molecule has 1 heterocycles. The van der Waals surface area contributed by atoms with Gasteiger partial charge in [-0.2, -0.15) is 0 Å². The van der Waals surface area contributed by atoms with E-state index in [4.69, 9.17) is 0 Å². The maximum Gasteiger partial charge on any atom is 0.322 e. The minimum atomic E-state index is -0.0422. The van der Waals surface area contributed by atoms with Gasteiger partial charge in [0.05, 0.1) is 0 Å². The van der Waals surface area contributed by atoms with Crippen molar-refractivity contribution in [1.29, 1.82) is 0 Å². The highest BCUT2D eigenvalue weighted by Gasteiger charge is 2.18. The Labute approximate surface area is 175 Å². The predicted molar refractivity (Wildman–Crippen MR) is 122 cm³/mol. The lowest BCUT2D eigenvalue weighted by Gasteiger charge is -2.36. The molecule has 5 heteroatoms. The van der Waals surface area contributed by atoms with E-state index in [9.17, 15) is 4.79 Å². The number of benzene rings is 2. The molecule has 0 saturated carbocycles. The maximum absolute atomic E-state index is 12.9. The van der Waals surface area contributed by atoms with E-state index in [0.717, 1.165) is 56.9 Å². The van der Waals surface area contributed by atoms with Gasteiger partial charge in [0.2, 0.25) is 0 Å². The standard InChI is InChI=1S/C24H34N4O/c1-4-13-28(19-21-9-7-6-8-10-21)24(29)25-22-11-12-23(20(3)18-22)27-16-14-26(5-2)15-17-27/h6-12,18H,4-5,13-17,19H2,1-3H3,(H,25,29). The number of nitrogens with one attached hydrogen (secondary N) is 1. The highest BCUT2D eigenvalue weighted by atomic mass is 16.2. The molecule has 0 spiro atoms. The highest BCUT2D eigenvalue weighted by molar-refractivity contribution is 5.89. The summed E-state index contributed by atoms with van der Waals surface area (Å²) in [7, 11) is 0. The average molecular weight is 395 g/mol. The van der Waals surface area contributed by atoms with Crippen LogP contribution in [0.2, 0.25) is 0 Å². The number of anilines is 2. The number of likely N-dealkylation sites (N-methyl/N-ethyl adjacent to an activating group) is 1. The molecule has 156 valence electrons. The van der Waals surface area contributed by atoms with Gasteiger partial charge in [0, 0.05) is 50.6 Å². The van der Waals surface area contributed by atoms with Crippen molar-refractivity contribution >= 4 is 17.4 Å². The van der Waals surface area contributed by atoms with Crippen molar-refractivity contribution in [2.24, 2.45) is 0 Å². The van der Waals surface area contributed by atoms with Gasteiger partial charge in [-0.05, 0) is 49.2 Å². The van der Waals surface area contributed by atoms with Gasteiger partial charge in [-0.25, -0.2) is 4.79 Å². The lowest BCUT2D eigenvalue weighted by molar-refractivity contribution is 0.209. The van der Waals surface area contributed by atoms with Crippen molar-refractivity contribution < 1.29 is 4.79 Å². The van der Waals surface area contributed by atoms with Crippen LogP contribution in [-0.4, -0.2) is 55.1 Å². The molecule has 2 aromatic carbocycles. The first kappa shape index (κ1) is 21.2. The molecule has 0 aromatic heterocycles. The van der Waals surface area contributed by atoms with Gasteiger partial charge in [0.15, 0.2) is 0 Å². The molecular formula is C24H34N4O. The van der Waals surface area contributed by atoms with E-state index in [2.05, 4.69) is 60.2 Å². The zero-order chi connectivity index (χ0) is 20.6. The molecule has 0 unspecified atom stereocenters. The van der Waals surface area contributed by atoms with E-state index >= 15 is 0 Å². The van der Waals surface area contributed by atoms with Crippen molar-refractivity contribution in [2.45, 2.75) is 33.7 Å². The normalized spacial score (nSPS) is 14.7. The molecule has 0 aliphatic carbocycles. The molecule has 1 saturated heterocycles. The summed E-state index contributed by atoms with van der Waals surface area (Å²) in [5, 5.41) is 3.09. The Balaban J connectivity index is 1.64. The first-order valence-corrected chi connectivity index (χ1v) is 10.8. The summed E-state index contributed by atoms with van der Waals surface area (Å²) in [6.07, 6.45) is 0.932. The minimum Gasteiger partial charge on any atom is -0.369 e. The van der Waals surface area contributed by atoms with Crippen molar-refractivity contribution in [2.75, 3.05) is 49.5 Å². The average Bonchev–Trinajstić information content (AvgIpc) is 2.74. The molecule has 1 aliphatic rings. The van der Waals surface area contributed by atoms with Crippen LogP contribution < -0.4 is 10.2 Å². The minimum absolute atomic E-state index is 0.0422. The van der Waals surface area contributed by atoms with Crippen LogP contribution in [0, 0.1) is 6.92 Å². The lowest BCUT2D eigenvalue weighted by atomic mass is 10.1. The van der Waals surface area contributed by atoms with Crippen LogP contribution in [0.1, 0.15) is 31.4 Å². The molecule has 0 radical (unpaired) electrons. The van der Waals surface area contributed by atoms with Gasteiger partial charge in [-0.3, -0.25) is 0 Å². The number of aryl methyl sites for hydroxylation is 1. The fourth-order valence-corrected chi connectivity index (χ4v) is 3.92. The quantitative estimate of drug-likeness (QED) is 0.747. The second-order valence-electron chi connectivity index (χ2n) is 7.76. The number of piperazine rings is 1. The van der Waals surface area contributed by atoms with Crippen molar-refractivity contribution in [3.8, 4) is 0 Å². The molecule has 2 aromatic rings. The fourth-order valence-electron chi connectivity index (χ4n) is 3.92. The maximum atomic E-state index is 12.9. The van der Waals surface area contributed by atoms with Gasteiger partial charge < -0.3 is 20.0 Å². The monoisotopic (exact) mass is 394 g/mol. The van der Waals surface area contributed by atoms with Gasteiger partial charge >= 0.3 is 6.03 Å². The molecule has 5 nitrogen and oxygen atoms in total. The van der Waals surface area contributed by atoms with Gasteiger partial charge in [-0.15, -0.1) is 0 Å². The number of hydrogen-bond donors (Lipinski definition) is 1. The summed E-state index contributed by atoms with van der Waals surface area (Å²) in [5.41, 5.74) is 4.48. The van der Waals surface area contributed by atoms with Crippen LogP contribution in [0.25, 0.3) is 0 Å². The Hall–Kier alpha value is -2.53. The molecule has 1 fully saturated rings. The van der Waals surface area contributed by atoms with E-state index in [0.29, 0.717) is 6.54 Å². The van der Waals surface area contributed by atoms with E-state index in [1.165, 1.54) is 11.3 Å². The van der Waals surface area contributed by atoms with Crippen molar-refractivity contribution in [1.82, 2.24) is 9.80 Å². The first-order chi connectivity index (χ1) is 14.1. The topological polar surface area (TPSA) is 38.8 Å². The molecule has 1 aliphatic heterocycles. The SMILES string of the molecule is CCCN(Cc1ccccc1)C(=O)Nc1ccc(N2CCN(CC)CC2)c(C)c1. The van der Waals surface area contributed by atoms with Gasteiger partial charge in [-0.1, -0.05) is 44.2 Å². The molecule has 0 atom stereocenters. The molecule has 2 amide bonds. The van der Waals surface area contributed by atoms with E-state index in [-0.39, 0.29) is 6.03 Å². The Morgan fingerprint density at radius 2 is 1.76 bits per heavy atom. The zero-order valence-electron chi connectivity index (χ0n) is 18.0. The summed E-state index contributed by atoms with van der Waals surface area (Å²) in [5.74, 6) is 0. The van der Waals surface area contributed by atoms with Crippen LogP contribution in [0.3, 0.4) is 0 Å². The van der Waals surface area contributed by atoms with Gasteiger partial charge in [0.25, 0.3) is 0 Å². The Bertz CT molecular complexity index is 785. The summed E-state index contributed by atoms with van der Waals surface area (Å²) in [6, 6.07) is 16.4. The van der Waals surface area contributed by atoms with Gasteiger partial charge in [0.1, 0.15) is 0 Å². The fraction of sp³-hybridized carbons (Fsp3) is 0.458. The Morgan fingerprint density at radius 1 is 1.03 bits per heavy atom. The predicted octanol–water partition coefficient (Wildman–Crippen LogP) is 4.58. The summed E-state index contributed by atoms with van der Waals surface area (Å²) in [4.78, 5) is 19.7.